The van der Waals surface area contributed by atoms with Crippen LogP contribution in [-0.4, -0.2) is 46.3 Å². The van der Waals surface area contributed by atoms with E-state index in [0.29, 0.717) is 36.2 Å². The first-order valence-electron chi connectivity index (χ1n) is 9.51. The molecule has 1 saturated heterocycles. The predicted octanol–water partition coefficient (Wildman–Crippen LogP) is 2.85. The average molecular weight is 427 g/mol. The van der Waals surface area contributed by atoms with E-state index in [1.54, 1.807) is 56.2 Å². The molecule has 1 fully saturated rings. The summed E-state index contributed by atoms with van der Waals surface area (Å²) in [6.07, 6.45) is 7.83. The van der Waals surface area contributed by atoms with Crippen molar-refractivity contribution in [1.29, 1.82) is 0 Å². The molecule has 2 aromatic heterocycles. The molecule has 156 valence electrons. The maximum absolute atomic E-state index is 13.3. The first-order chi connectivity index (χ1) is 14.5. The summed E-state index contributed by atoms with van der Waals surface area (Å²) in [7, 11) is -2.13. The summed E-state index contributed by atoms with van der Waals surface area (Å²) >= 11 is 0. The van der Waals surface area contributed by atoms with Crippen molar-refractivity contribution in [3.05, 3.63) is 60.3 Å². The van der Waals surface area contributed by atoms with Gasteiger partial charge < -0.3 is 10.1 Å². The molecule has 0 spiro atoms. The highest BCUT2D eigenvalue weighted by Gasteiger charge is 2.37. The molecular weight excluding hydrogens is 404 g/mol. The third kappa shape index (κ3) is 3.96. The molecule has 4 rings (SSSR count). The summed E-state index contributed by atoms with van der Waals surface area (Å²) in [5, 5.41) is 3.00. The van der Waals surface area contributed by atoms with Gasteiger partial charge in [0.25, 0.3) is 0 Å². The number of anilines is 2. The van der Waals surface area contributed by atoms with Crippen LogP contribution >= 0.6 is 0 Å². The van der Waals surface area contributed by atoms with Crippen molar-refractivity contribution in [2.24, 2.45) is 0 Å². The molecule has 0 radical (unpaired) electrons. The smallest absolute Gasteiger partial charge is 0.243 e. The number of benzene rings is 1. The first kappa shape index (κ1) is 20.2. The Morgan fingerprint density at radius 3 is 2.73 bits per heavy atom. The molecule has 1 atom stereocenters. The van der Waals surface area contributed by atoms with Crippen LogP contribution in [0.15, 0.2) is 53.9 Å². The summed E-state index contributed by atoms with van der Waals surface area (Å²) in [6.45, 7) is 2.25. The van der Waals surface area contributed by atoms with Crippen LogP contribution in [0.4, 0.5) is 11.8 Å². The van der Waals surface area contributed by atoms with Crippen LogP contribution in [0.3, 0.4) is 0 Å². The number of nitrogens with one attached hydrogen (secondary N) is 1. The zero-order chi connectivity index (χ0) is 21.1. The average Bonchev–Trinajstić information content (AvgIpc) is 3.25. The van der Waals surface area contributed by atoms with Gasteiger partial charge in [-0.25, -0.2) is 23.4 Å². The monoisotopic (exact) mass is 426 g/mol. The quantitative estimate of drug-likeness (QED) is 0.641. The van der Waals surface area contributed by atoms with Crippen LogP contribution in [0, 0.1) is 6.92 Å². The Kier molecular flexibility index (Phi) is 5.60. The van der Waals surface area contributed by atoms with E-state index < -0.39 is 10.0 Å². The van der Waals surface area contributed by atoms with E-state index >= 15 is 0 Å². The van der Waals surface area contributed by atoms with Crippen LogP contribution in [0.25, 0.3) is 0 Å². The van der Waals surface area contributed by atoms with Crippen molar-refractivity contribution < 1.29 is 13.2 Å². The molecule has 1 N–H and O–H groups in total. The van der Waals surface area contributed by atoms with Crippen LogP contribution < -0.4 is 10.1 Å². The molecule has 0 saturated carbocycles. The number of aromatic nitrogens is 4. The van der Waals surface area contributed by atoms with E-state index in [9.17, 15) is 8.42 Å². The van der Waals surface area contributed by atoms with Gasteiger partial charge in [0.2, 0.25) is 16.0 Å². The minimum atomic E-state index is -3.69. The Bertz CT molecular complexity index is 1140. The van der Waals surface area contributed by atoms with Gasteiger partial charge in [0.05, 0.1) is 36.1 Å². The molecule has 0 bridgehead atoms. The highest BCUT2D eigenvalue weighted by Crippen LogP contribution is 2.36. The van der Waals surface area contributed by atoms with Crippen molar-refractivity contribution >= 4 is 21.8 Å². The fourth-order valence-electron chi connectivity index (χ4n) is 3.55. The first-order valence-corrected chi connectivity index (χ1v) is 11.0. The van der Waals surface area contributed by atoms with Crippen molar-refractivity contribution in [2.75, 3.05) is 19.0 Å². The minimum Gasteiger partial charge on any atom is -0.496 e. The number of sulfonamides is 1. The normalized spacial score (nSPS) is 17.1. The van der Waals surface area contributed by atoms with Crippen LogP contribution in [0.1, 0.15) is 30.1 Å². The van der Waals surface area contributed by atoms with Crippen molar-refractivity contribution in [2.45, 2.75) is 30.7 Å². The molecule has 9 nitrogen and oxygen atoms in total. The fourth-order valence-corrected chi connectivity index (χ4v) is 5.30. The van der Waals surface area contributed by atoms with E-state index in [-0.39, 0.29) is 10.9 Å². The molecule has 0 amide bonds. The largest absolute Gasteiger partial charge is 0.496 e. The van der Waals surface area contributed by atoms with Crippen molar-refractivity contribution in [1.82, 2.24) is 24.2 Å². The van der Waals surface area contributed by atoms with E-state index in [1.165, 1.54) is 4.31 Å². The van der Waals surface area contributed by atoms with Gasteiger partial charge >= 0.3 is 0 Å². The number of rotatable bonds is 6. The van der Waals surface area contributed by atoms with Crippen molar-refractivity contribution in [3.63, 3.8) is 0 Å². The molecule has 0 unspecified atom stereocenters. The third-order valence-electron chi connectivity index (χ3n) is 4.98. The second-order valence-corrected chi connectivity index (χ2v) is 8.82. The second-order valence-electron chi connectivity index (χ2n) is 6.93. The van der Waals surface area contributed by atoms with Crippen LogP contribution in [0.2, 0.25) is 0 Å². The zero-order valence-corrected chi connectivity index (χ0v) is 17.5. The maximum Gasteiger partial charge on any atom is 0.243 e. The number of hydrogen-bond acceptors (Lipinski definition) is 8. The second kappa shape index (κ2) is 8.33. The van der Waals surface area contributed by atoms with E-state index in [4.69, 9.17) is 4.74 Å². The van der Waals surface area contributed by atoms with Gasteiger partial charge in [0.1, 0.15) is 5.75 Å². The number of ether oxygens (including phenoxy) is 1. The minimum absolute atomic E-state index is 0.243. The lowest BCUT2D eigenvalue weighted by Gasteiger charge is -2.24. The predicted molar refractivity (Wildman–Crippen MR) is 111 cm³/mol. The SMILES string of the molecule is COc1ccc(S(=O)(=O)N2CCC[C@H]2c2cncc(Nc3ncccn3)n2)cc1C. The van der Waals surface area contributed by atoms with E-state index in [2.05, 4.69) is 25.3 Å². The Labute approximate surface area is 175 Å². The number of hydrogen-bond donors (Lipinski definition) is 1. The molecule has 10 heteroatoms. The molecular formula is C20H22N6O3S. The molecule has 3 aromatic rings. The third-order valence-corrected chi connectivity index (χ3v) is 6.88. The highest BCUT2D eigenvalue weighted by molar-refractivity contribution is 7.89. The van der Waals surface area contributed by atoms with E-state index in [1.807, 2.05) is 6.92 Å². The van der Waals surface area contributed by atoms with Crippen LogP contribution in [-0.2, 0) is 10.0 Å². The highest BCUT2D eigenvalue weighted by atomic mass is 32.2. The van der Waals surface area contributed by atoms with Crippen LogP contribution in [0.5, 0.6) is 5.75 Å². The fraction of sp³-hybridized carbons (Fsp3) is 0.300. The van der Waals surface area contributed by atoms with Gasteiger partial charge in [-0.1, -0.05) is 0 Å². The van der Waals surface area contributed by atoms with Gasteiger partial charge in [-0.15, -0.1) is 0 Å². The van der Waals surface area contributed by atoms with Gasteiger partial charge in [0.15, 0.2) is 5.82 Å². The van der Waals surface area contributed by atoms with Gasteiger partial charge in [0, 0.05) is 18.9 Å². The number of aryl methyl sites for hydroxylation is 1. The van der Waals surface area contributed by atoms with Gasteiger partial charge in [-0.2, -0.15) is 4.31 Å². The Morgan fingerprint density at radius 1 is 1.20 bits per heavy atom. The van der Waals surface area contributed by atoms with Gasteiger partial charge in [-0.3, -0.25) is 4.98 Å². The molecule has 1 aliphatic heterocycles. The van der Waals surface area contributed by atoms with Gasteiger partial charge in [-0.05, 0) is 49.6 Å². The Balaban J connectivity index is 1.62. The molecule has 0 aliphatic carbocycles. The molecule has 30 heavy (non-hydrogen) atoms. The summed E-state index contributed by atoms with van der Waals surface area (Å²) in [4.78, 5) is 17.3. The lowest BCUT2D eigenvalue weighted by molar-refractivity contribution is 0.389. The maximum atomic E-state index is 13.3. The molecule has 1 aromatic carbocycles. The van der Waals surface area contributed by atoms with E-state index in [0.717, 1.165) is 12.0 Å². The lowest BCUT2D eigenvalue weighted by Crippen LogP contribution is -2.31. The topological polar surface area (TPSA) is 110 Å². The summed E-state index contributed by atoms with van der Waals surface area (Å²) in [5.41, 5.74) is 1.35. The standard InChI is InChI=1S/C20H22N6O3S/c1-14-11-15(6-7-18(14)29-2)30(27,28)26-10-3-5-17(26)16-12-21-13-19(24-16)25-20-22-8-4-9-23-20/h4,6-9,11-13,17H,3,5,10H2,1-2H3,(H,22,23,24,25)/t17-/m0/s1. The molecule has 1 aliphatic rings. The molecule has 3 heterocycles. The lowest BCUT2D eigenvalue weighted by atomic mass is 10.2. The Morgan fingerprint density at radius 2 is 2.00 bits per heavy atom. The van der Waals surface area contributed by atoms with Crippen molar-refractivity contribution in [3.8, 4) is 5.75 Å². The summed E-state index contributed by atoms with van der Waals surface area (Å²) in [6, 6.07) is 6.23. The number of methoxy groups -OCH3 is 1. The zero-order valence-electron chi connectivity index (χ0n) is 16.7. The summed E-state index contributed by atoms with van der Waals surface area (Å²) < 4.78 is 33.4. The summed E-state index contributed by atoms with van der Waals surface area (Å²) in [5.74, 6) is 1.51. The number of nitrogens with zero attached hydrogens (tertiary/aromatic N) is 5. The Hall–Kier alpha value is -3.11.